The third-order valence-corrected chi connectivity index (χ3v) is 7.26. The summed E-state index contributed by atoms with van der Waals surface area (Å²) in [5.41, 5.74) is 5.18. The molecule has 2 fully saturated rings. The predicted octanol–water partition coefficient (Wildman–Crippen LogP) is 1.33. The molecule has 0 aromatic heterocycles. The Morgan fingerprint density at radius 1 is 1.09 bits per heavy atom. The highest BCUT2D eigenvalue weighted by atomic mass is 35.5. The molecule has 0 aliphatic heterocycles. The van der Waals surface area contributed by atoms with Crippen LogP contribution in [0, 0.1) is 36.4 Å². The van der Waals surface area contributed by atoms with E-state index in [4.69, 9.17) is 15.2 Å². The van der Waals surface area contributed by atoms with Crippen molar-refractivity contribution in [1.82, 2.24) is 0 Å². The van der Waals surface area contributed by atoms with Crippen LogP contribution in [0.4, 0.5) is 4.39 Å². The zero-order chi connectivity index (χ0) is 25.2. The van der Waals surface area contributed by atoms with Crippen molar-refractivity contribution in [2.24, 2.45) is 29.4 Å². The number of thioether (sulfide) groups is 1. The summed E-state index contributed by atoms with van der Waals surface area (Å²) in [4.78, 5) is 48.1. The van der Waals surface area contributed by atoms with E-state index in [1.54, 1.807) is 19.1 Å². The van der Waals surface area contributed by atoms with Crippen LogP contribution in [0.5, 0.6) is 0 Å². The second-order valence-electron chi connectivity index (χ2n) is 8.28. The van der Waals surface area contributed by atoms with Gasteiger partial charge in [-0.25, -0.2) is 9.18 Å². The molecule has 0 unspecified atom stereocenters. The highest BCUT2D eigenvalue weighted by Gasteiger charge is 2.78. The molecule has 0 spiro atoms. The molecule has 2 aliphatic carbocycles. The van der Waals surface area contributed by atoms with Gasteiger partial charge in [0.2, 0.25) is 13.6 Å². The Kier molecular flexibility index (Phi) is 9.51. The smallest absolute Gasteiger partial charge is 0.329 e. The number of carbonyl (C=O) groups is 4. The SMILES string of the molecule is CC(=O)OCOC(=O)[C@H]1[C@@H]2[C@H](O)[C@@H](CSc3ccc(F)c(C)c3)[C@@](N)(C(=O)OCOC(C)=O)[C@H]12.Cl. The third kappa shape index (κ3) is 6.05. The summed E-state index contributed by atoms with van der Waals surface area (Å²) in [7, 11) is 0. The Morgan fingerprint density at radius 2 is 1.69 bits per heavy atom. The summed E-state index contributed by atoms with van der Waals surface area (Å²) in [6.07, 6.45) is -1.14. The number of ether oxygens (including phenoxy) is 4. The highest BCUT2D eigenvalue weighted by molar-refractivity contribution is 7.99. The molecule has 10 nitrogen and oxygen atoms in total. The van der Waals surface area contributed by atoms with Crippen LogP contribution in [0.3, 0.4) is 0 Å². The number of aliphatic hydroxyl groups excluding tert-OH is 1. The minimum Gasteiger partial charge on any atom is -0.428 e. The molecule has 1 aromatic rings. The molecule has 0 saturated heterocycles. The average Bonchev–Trinajstić information content (AvgIpc) is 3.47. The Labute approximate surface area is 211 Å². The molecular formula is C22H27ClFNO9S. The quantitative estimate of drug-likeness (QED) is 0.267. The largest absolute Gasteiger partial charge is 0.428 e. The van der Waals surface area contributed by atoms with Crippen LogP contribution in [-0.2, 0) is 38.1 Å². The first-order chi connectivity index (χ1) is 16.0. The number of carbonyl (C=O) groups excluding carboxylic acids is 4. The summed E-state index contributed by atoms with van der Waals surface area (Å²) < 4.78 is 32.8. The molecule has 13 heteroatoms. The number of hydrogen-bond acceptors (Lipinski definition) is 11. The molecular weight excluding hydrogens is 509 g/mol. The van der Waals surface area contributed by atoms with Gasteiger partial charge < -0.3 is 29.8 Å². The van der Waals surface area contributed by atoms with Crippen molar-refractivity contribution in [3.05, 3.63) is 29.6 Å². The first-order valence-corrected chi connectivity index (χ1v) is 11.4. The molecule has 194 valence electrons. The molecule has 0 heterocycles. The number of rotatable bonds is 9. The third-order valence-electron chi connectivity index (χ3n) is 6.15. The van der Waals surface area contributed by atoms with Gasteiger partial charge in [0.05, 0.1) is 12.0 Å². The fraction of sp³-hybridized carbons (Fsp3) is 0.545. The van der Waals surface area contributed by atoms with Crippen LogP contribution >= 0.6 is 24.2 Å². The van der Waals surface area contributed by atoms with Crippen molar-refractivity contribution < 1.29 is 47.6 Å². The number of aliphatic hydroxyl groups is 1. The van der Waals surface area contributed by atoms with Crippen molar-refractivity contribution >= 4 is 48.0 Å². The van der Waals surface area contributed by atoms with E-state index in [0.29, 0.717) is 10.5 Å². The fourth-order valence-corrected chi connectivity index (χ4v) is 5.72. The van der Waals surface area contributed by atoms with Crippen LogP contribution in [0.1, 0.15) is 19.4 Å². The van der Waals surface area contributed by atoms with Gasteiger partial charge in [0, 0.05) is 42.2 Å². The first-order valence-electron chi connectivity index (χ1n) is 10.4. The lowest BCUT2D eigenvalue weighted by molar-refractivity contribution is -0.173. The maximum atomic E-state index is 13.6. The van der Waals surface area contributed by atoms with E-state index in [1.165, 1.54) is 17.8 Å². The topological polar surface area (TPSA) is 151 Å². The van der Waals surface area contributed by atoms with Crippen LogP contribution < -0.4 is 5.73 Å². The van der Waals surface area contributed by atoms with E-state index in [2.05, 4.69) is 9.47 Å². The zero-order valence-corrected chi connectivity index (χ0v) is 20.9. The Hall–Kier alpha value is -2.41. The van der Waals surface area contributed by atoms with Crippen LogP contribution in [0.15, 0.2) is 23.1 Å². The summed E-state index contributed by atoms with van der Waals surface area (Å²) in [6.45, 7) is 2.64. The van der Waals surface area contributed by atoms with Gasteiger partial charge in [0.1, 0.15) is 11.4 Å². The van der Waals surface area contributed by atoms with Gasteiger partial charge in [-0.1, -0.05) is 0 Å². The normalized spacial score (nSPS) is 28.2. The number of fused-ring (bicyclic) bond motifs is 1. The van der Waals surface area contributed by atoms with Crippen molar-refractivity contribution in [2.45, 2.75) is 37.3 Å². The summed E-state index contributed by atoms with van der Waals surface area (Å²) in [5, 5.41) is 11.0. The van der Waals surface area contributed by atoms with E-state index >= 15 is 0 Å². The van der Waals surface area contributed by atoms with E-state index in [-0.39, 0.29) is 24.0 Å². The Bertz CT molecular complexity index is 996. The standard InChI is InChI=1S/C22H26FNO9S.ClH/c1-10-6-13(4-5-15(10)23)34-7-14-19(27)16-17(20(28)32-8-30-11(2)25)18(16)22(14,24)21(29)33-9-31-12(3)26;/h4-6,14,16-19,27H,7-9,24H2,1-3H3;1H/t14-,16+,17+,18+,19-,22+;/m1./s1. The van der Waals surface area contributed by atoms with Crippen molar-refractivity contribution in [2.75, 3.05) is 19.3 Å². The van der Waals surface area contributed by atoms with Gasteiger partial charge in [0.15, 0.2) is 0 Å². The minimum absolute atomic E-state index is 0. The molecule has 6 atom stereocenters. The van der Waals surface area contributed by atoms with Gasteiger partial charge in [-0.2, -0.15) is 0 Å². The molecule has 2 saturated carbocycles. The molecule has 0 radical (unpaired) electrons. The number of halogens is 2. The van der Waals surface area contributed by atoms with Gasteiger partial charge in [-0.3, -0.25) is 14.4 Å². The molecule has 3 N–H and O–H groups in total. The molecule has 0 amide bonds. The average molecular weight is 536 g/mol. The minimum atomic E-state index is -1.78. The first kappa shape index (κ1) is 28.8. The predicted molar refractivity (Wildman–Crippen MR) is 121 cm³/mol. The maximum absolute atomic E-state index is 13.6. The highest BCUT2D eigenvalue weighted by Crippen LogP contribution is 2.64. The zero-order valence-electron chi connectivity index (χ0n) is 19.2. The van der Waals surface area contributed by atoms with Crippen molar-refractivity contribution in [3.8, 4) is 0 Å². The maximum Gasteiger partial charge on any atom is 0.329 e. The fourth-order valence-electron chi connectivity index (χ4n) is 4.45. The summed E-state index contributed by atoms with van der Waals surface area (Å²) in [6, 6.07) is 4.52. The van der Waals surface area contributed by atoms with E-state index in [9.17, 15) is 28.7 Å². The van der Waals surface area contributed by atoms with Crippen molar-refractivity contribution in [1.29, 1.82) is 0 Å². The van der Waals surface area contributed by atoms with Gasteiger partial charge >= 0.3 is 23.9 Å². The molecule has 3 rings (SSSR count). The number of nitrogens with two attached hydrogens (primary N) is 1. The number of hydrogen-bond donors (Lipinski definition) is 2. The number of aryl methyl sites for hydroxylation is 1. The monoisotopic (exact) mass is 535 g/mol. The summed E-state index contributed by atoms with van der Waals surface area (Å²) >= 11 is 1.27. The molecule has 2 aliphatic rings. The molecule has 35 heavy (non-hydrogen) atoms. The lowest BCUT2D eigenvalue weighted by atomic mass is 9.81. The second kappa shape index (κ2) is 11.5. The van der Waals surface area contributed by atoms with Crippen LogP contribution in [-0.4, -0.2) is 60.0 Å². The lowest BCUT2D eigenvalue weighted by Crippen LogP contribution is -2.59. The van der Waals surface area contributed by atoms with Crippen LogP contribution in [0.25, 0.3) is 0 Å². The van der Waals surface area contributed by atoms with Gasteiger partial charge in [0.25, 0.3) is 0 Å². The van der Waals surface area contributed by atoms with E-state index in [1.807, 2.05) is 0 Å². The van der Waals surface area contributed by atoms with Crippen LogP contribution in [0.2, 0.25) is 0 Å². The number of esters is 4. The van der Waals surface area contributed by atoms with Crippen molar-refractivity contribution in [3.63, 3.8) is 0 Å². The number of benzene rings is 1. The second-order valence-corrected chi connectivity index (χ2v) is 9.38. The van der Waals surface area contributed by atoms with Gasteiger partial charge in [-0.15, -0.1) is 24.2 Å². The summed E-state index contributed by atoms with van der Waals surface area (Å²) in [5.74, 6) is -6.37. The Morgan fingerprint density at radius 3 is 2.26 bits per heavy atom. The van der Waals surface area contributed by atoms with E-state index in [0.717, 1.165) is 13.8 Å². The lowest BCUT2D eigenvalue weighted by Gasteiger charge is -2.34. The van der Waals surface area contributed by atoms with Gasteiger partial charge in [-0.05, 0) is 30.7 Å². The Balaban J connectivity index is 0.00000432. The molecule has 0 bridgehead atoms. The molecule has 1 aromatic carbocycles. The van der Waals surface area contributed by atoms with E-state index < -0.39 is 72.8 Å².